The number of unbranched alkanes of at least 4 members (excludes halogenated alkanes) is 5. The van der Waals surface area contributed by atoms with E-state index >= 15 is 0 Å². The van der Waals surface area contributed by atoms with E-state index in [-0.39, 0.29) is 17.1 Å². The SMILES string of the molecule is C#CC#CC#CC#CC#CC#CN1C(=O)c2c(C)sc(-c3ccc(-c4c(OCCCCCCCC)c(C)c(-c5ccc(C)s5)c5nsnc45)s3)c2C1=O.[HH].[HH].[HH].[HH].[HH].[HH].[HH].[HH].[HH].[HH].[HH].[HH]. The Bertz CT molecular complexity index is 2670. The number of ether oxygens (including phenoxy) is 1. The van der Waals surface area contributed by atoms with Gasteiger partial charge in [-0.15, -0.1) is 40.4 Å². The third kappa shape index (κ3) is 7.95. The van der Waals surface area contributed by atoms with Crippen LogP contribution in [0.4, 0.5) is 0 Å². The van der Waals surface area contributed by atoms with E-state index in [1.165, 1.54) is 53.6 Å². The number of rotatable bonds is 11. The van der Waals surface area contributed by atoms with Gasteiger partial charge in [-0.05, 0) is 81.1 Å². The van der Waals surface area contributed by atoms with Crippen molar-refractivity contribution in [1.82, 2.24) is 13.6 Å². The molecule has 284 valence electrons. The van der Waals surface area contributed by atoms with Gasteiger partial charge in [0.2, 0.25) is 0 Å². The molecule has 5 heterocycles. The molecule has 0 fully saturated rings. The van der Waals surface area contributed by atoms with Crippen LogP contribution in [0.25, 0.3) is 41.7 Å². The van der Waals surface area contributed by atoms with Gasteiger partial charge >= 0.3 is 0 Å². The van der Waals surface area contributed by atoms with Crippen molar-refractivity contribution in [3.63, 3.8) is 0 Å². The first-order valence-electron chi connectivity index (χ1n) is 16.9. The first kappa shape index (κ1) is 37.2. The van der Waals surface area contributed by atoms with E-state index in [9.17, 15) is 9.59 Å². The number of amides is 2. The molecular formula is C43H55N3O3S4. The van der Waals surface area contributed by atoms with Crippen LogP contribution in [0.15, 0.2) is 24.3 Å². The van der Waals surface area contributed by atoms with Crippen LogP contribution in [0.1, 0.15) is 98.6 Å². The molecule has 0 saturated carbocycles. The van der Waals surface area contributed by atoms with Gasteiger partial charge in [-0.2, -0.15) is 13.6 Å². The second-order valence-electron chi connectivity index (χ2n) is 11.9. The molecule has 0 unspecified atom stereocenters. The van der Waals surface area contributed by atoms with E-state index in [2.05, 4.69) is 98.2 Å². The molecule has 0 bridgehead atoms. The van der Waals surface area contributed by atoms with E-state index < -0.39 is 11.8 Å². The lowest BCUT2D eigenvalue weighted by molar-refractivity contribution is 0.0735. The van der Waals surface area contributed by atoms with E-state index in [1.807, 2.05) is 19.1 Å². The van der Waals surface area contributed by atoms with Gasteiger partial charge in [0.15, 0.2) is 0 Å². The van der Waals surface area contributed by atoms with Crippen LogP contribution < -0.4 is 4.74 Å². The van der Waals surface area contributed by atoms with Crippen molar-refractivity contribution in [2.75, 3.05) is 6.61 Å². The normalized spacial score (nSPS) is 11.2. The lowest BCUT2D eigenvalue weighted by Gasteiger charge is -2.17. The minimum atomic E-state index is -0.474. The molecule has 1 aromatic carbocycles. The standard InChI is InChI=1S/C43H31N3O3S4.12H2/c1-6-8-10-12-14-15-16-17-18-20-26-46-42(47)35-30(5)51-41(37(35)43(46)48)33-25-24-32(52-33)36-39-38(44-53-45-39)34(31-23-22-28(3)50-31)29(4)40(36)49-27-21-19-13-11-9-7-2;;;;;;;;;;;;/h1,22-25H,7,9,11,13,19,21,27H2,2-5H3;12*1H. The molecule has 0 spiro atoms. The molecule has 10 heteroatoms. The fourth-order valence-electron chi connectivity index (χ4n) is 5.97. The zero-order chi connectivity index (χ0) is 37.3. The second kappa shape index (κ2) is 17.3. The molecule has 0 saturated heterocycles. The summed E-state index contributed by atoms with van der Waals surface area (Å²) in [6.45, 7) is 8.89. The molecule has 1 aliphatic heterocycles. The molecule has 5 aromatic rings. The van der Waals surface area contributed by atoms with Crippen molar-refractivity contribution in [2.24, 2.45) is 0 Å². The molecular weight excluding hydrogens is 735 g/mol. The number of aryl methyl sites for hydroxylation is 2. The number of terminal acetylenes is 1. The summed E-state index contributed by atoms with van der Waals surface area (Å²) in [6, 6.07) is 10.9. The van der Waals surface area contributed by atoms with Crippen LogP contribution in [0.3, 0.4) is 0 Å². The molecule has 0 radical (unpaired) electrons. The van der Waals surface area contributed by atoms with Crippen LogP contribution in [0.5, 0.6) is 5.75 Å². The summed E-state index contributed by atoms with van der Waals surface area (Å²) in [5, 5.41) is 0. The Hall–Kier alpha value is -5.56. The Kier molecular flexibility index (Phi) is 12.1. The Labute approximate surface area is 344 Å². The fourth-order valence-corrected chi connectivity index (χ4v) is 9.80. The molecule has 1 aliphatic rings. The van der Waals surface area contributed by atoms with Gasteiger partial charge in [0.05, 0.1) is 39.9 Å². The van der Waals surface area contributed by atoms with E-state index in [4.69, 9.17) is 19.9 Å². The topological polar surface area (TPSA) is 72.4 Å². The highest BCUT2D eigenvalue weighted by Crippen LogP contribution is 2.51. The van der Waals surface area contributed by atoms with Crippen molar-refractivity contribution < 1.29 is 31.4 Å². The molecule has 6 rings (SSSR count). The maximum atomic E-state index is 13.7. The van der Waals surface area contributed by atoms with Gasteiger partial charge in [-0.1, -0.05) is 39.0 Å². The maximum Gasteiger partial charge on any atom is 0.275 e. The number of thiophene rings is 3. The van der Waals surface area contributed by atoms with Crippen molar-refractivity contribution in [3.8, 4) is 108 Å². The van der Waals surface area contributed by atoms with E-state index in [0.29, 0.717) is 17.7 Å². The molecule has 0 N–H and O–H groups in total. The van der Waals surface area contributed by atoms with Gasteiger partial charge in [-0.25, -0.2) is 0 Å². The summed E-state index contributed by atoms with van der Waals surface area (Å²) in [7, 11) is 0. The minimum absolute atomic E-state index is 0. The maximum absolute atomic E-state index is 13.7. The van der Waals surface area contributed by atoms with Crippen LogP contribution >= 0.6 is 45.7 Å². The summed E-state index contributed by atoms with van der Waals surface area (Å²) >= 11 is 5.90. The first-order valence-corrected chi connectivity index (χ1v) is 20.1. The number of hydrogen-bond acceptors (Lipinski definition) is 9. The Morgan fingerprint density at radius 3 is 2.00 bits per heavy atom. The quantitative estimate of drug-likeness (QED) is 0.0757. The highest BCUT2D eigenvalue weighted by Gasteiger charge is 2.41. The number of aromatic nitrogens is 2. The summed E-state index contributed by atoms with van der Waals surface area (Å²) < 4.78 is 16.3. The van der Waals surface area contributed by atoms with E-state index in [1.54, 1.807) is 22.7 Å². The first-order chi connectivity index (χ1) is 25.8. The van der Waals surface area contributed by atoms with Crippen LogP contribution in [0.2, 0.25) is 0 Å². The largest absolute Gasteiger partial charge is 0.493 e. The lowest BCUT2D eigenvalue weighted by Crippen LogP contribution is -2.24. The zero-order valence-electron chi connectivity index (χ0n) is 29.5. The summed E-state index contributed by atoms with van der Waals surface area (Å²) in [5.74, 6) is 24.5. The Morgan fingerprint density at radius 1 is 0.698 bits per heavy atom. The van der Waals surface area contributed by atoms with Gasteiger partial charge < -0.3 is 4.74 Å². The van der Waals surface area contributed by atoms with Crippen molar-refractivity contribution in [2.45, 2.75) is 66.2 Å². The third-order valence-electron chi connectivity index (χ3n) is 8.37. The van der Waals surface area contributed by atoms with Gasteiger partial charge in [0.25, 0.3) is 11.8 Å². The molecule has 2 amide bonds. The van der Waals surface area contributed by atoms with Gasteiger partial charge in [-0.3, -0.25) is 9.59 Å². The summed E-state index contributed by atoms with van der Waals surface area (Å²) in [5.41, 5.74) is 5.36. The third-order valence-corrected chi connectivity index (χ3v) is 12.3. The zero-order valence-corrected chi connectivity index (χ0v) is 32.8. The smallest absolute Gasteiger partial charge is 0.275 e. The van der Waals surface area contributed by atoms with Crippen LogP contribution in [-0.2, 0) is 0 Å². The number of fused-ring (bicyclic) bond motifs is 2. The summed E-state index contributed by atoms with van der Waals surface area (Å²) in [4.78, 5) is 33.6. The molecule has 0 atom stereocenters. The molecule has 6 nitrogen and oxygen atoms in total. The predicted octanol–water partition coefficient (Wildman–Crippen LogP) is 12.7. The average molecular weight is 790 g/mol. The number of imide groups is 1. The van der Waals surface area contributed by atoms with Crippen molar-refractivity contribution >= 4 is 68.6 Å². The fraction of sp³-hybridized carbons (Fsp3) is 0.256. The number of carbonyl (C=O) groups is 2. The Balaban J connectivity index is -0.000000561. The number of benzene rings is 1. The molecule has 4 aromatic heterocycles. The number of nitrogens with zero attached hydrogens (tertiary/aromatic N) is 3. The highest BCUT2D eigenvalue weighted by atomic mass is 32.1. The number of carbonyl (C=O) groups excluding carboxylic acids is 2. The molecule has 0 aliphatic carbocycles. The van der Waals surface area contributed by atoms with Crippen molar-refractivity contribution in [3.05, 3.63) is 50.7 Å². The monoisotopic (exact) mass is 789 g/mol. The average Bonchev–Trinajstić information content (AvgIpc) is 3.99. The van der Waals surface area contributed by atoms with Crippen LogP contribution in [-0.4, -0.2) is 32.1 Å². The van der Waals surface area contributed by atoms with Crippen molar-refractivity contribution in [1.29, 1.82) is 0 Å². The van der Waals surface area contributed by atoms with Gasteiger partial charge in [0, 0.05) is 88.3 Å². The van der Waals surface area contributed by atoms with Gasteiger partial charge in [0.1, 0.15) is 16.8 Å². The lowest BCUT2D eigenvalue weighted by atomic mass is 9.98. The minimum Gasteiger partial charge on any atom is -0.493 e. The Morgan fingerprint density at radius 2 is 1.30 bits per heavy atom. The van der Waals surface area contributed by atoms with E-state index in [0.717, 1.165) is 75.6 Å². The second-order valence-corrected chi connectivity index (χ2v) is 16.0. The highest BCUT2D eigenvalue weighted by molar-refractivity contribution is 7.24. The van der Waals surface area contributed by atoms with Crippen LogP contribution in [0, 0.1) is 92.4 Å². The number of hydrogen-bond donors (Lipinski definition) is 0. The summed E-state index contributed by atoms with van der Waals surface area (Å²) in [6.07, 6.45) is 12.0. The molecule has 53 heavy (non-hydrogen) atoms. The predicted molar refractivity (Wildman–Crippen MR) is 244 cm³/mol.